The Labute approximate surface area is 307 Å². The van der Waals surface area contributed by atoms with E-state index in [0.717, 1.165) is 64.2 Å². The third kappa shape index (κ3) is 17.7. The minimum absolute atomic E-state index is 0.0640. The molecule has 4 nitrogen and oxygen atoms in total. The smallest absolute Gasteiger partial charge is 0.407 e. The summed E-state index contributed by atoms with van der Waals surface area (Å²) in [5.74, 6) is 1.20. The maximum atomic E-state index is 6.94. The van der Waals surface area contributed by atoms with Crippen molar-refractivity contribution in [1.29, 1.82) is 0 Å². The minimum Gasteiger partial charge on any atom is -0.493 e. The van der Waals surface area contributed by atoms with Crippen molar-refractivity contribution in [2.45, 2.75) is 188 Å². The first-order valence-electron chi connectivity index (χ1n) is 19.7. The Morgan fingerprint density at radius 2 is 1.30 bits per heavy atom. The summed E-state index contributed by atoms with van der Waals surface area (Å²) < 4.78 is 25.3. The van der Waals surface area contributed by atoms with Crippen molar-refractivity contribution in [3.05, 3.63) is 28.8 Å². The molecule has 0 N–H and O–H groups in total. The SMILES string of the molecule is CCO[Si](C)CCCOc1c2cc(CCC[Si](I)(OCC)OCC)cc1C(C)(C)CCCCCCCCCCCCCCC(C)(C)C2. The van der Waals surface area contributed by atoms with Crippen LogP contribution in [0.3, 0.4) is 0 Å². The van der Waals surface area contributed by atoms with Gasteiger partial charge in [0.15, 0.2) is 0 Å². The summed E-state index contributed by atoms with van der Waals surface area (Å²) in [7, 11) is -0.738. The predicted molar refractivity (Wildman–Crippen MR) is 216 cm³/mol. The second-order valence-electron chi connectivity index (χ2n) is 15.6. The lowest BCUT2D eigenvalue weighted by Gasteiger charge is -2.32. The largest absolute Gasteiger partial charge is 0.493 e. The van der Waals surface area contributed by atoms with Crippen LogP contribution >= 0.6 is 21.8 Å². The van der Waals surface area contributed by atoms with Crippen LogP contribution in [0.4, 0.5) is 0 Å². The molecule has 0 saturated heterocycles. The second kappa shape index (κ2) is 23.5. The molecule has 0 aliphatic heterocycles. The molecule has 0 saturated carbocycles. The van der Waals surface area contributed by atoms with Crippen molar-refractivity contribution < 1.29 is 18.0 Å². The Hall–Kier alpha value is 0.0638. The number of benzene rings is 1. The number of halogens is 1. The summed E-state index contributed by atoms with van der Waals surface area (Å²) in [5.41, 5.74) is 4.64. The molecule has 1 aromatic carbocycles. The Morgan fingerprint density at radius 1 is 0.745 bits per heavy atom. The van der Waals surface area contributed by atoms with Crippen LogP contribution in [0, 0.1) is 5.41 Å². The highest BCUT2D eigenvalue weighted by Crippen LogP contribution is 2.42. The van der Waals surface area contributed by atoms with Crippen LogP contribution < -0.4 is 4.74 Å². The molecule has 0 fully saturated rings. The van der Waals surface area contributed by atoms with Gasteiger partial charge < -0.3 is 18.0 Å². The van der Waals surface area contributed by atoms with Gasteiger partial charge in [0.2, 0.25) is 9.04 Å². The molecule has 1 aromatic rings. The van der Waals surface area contributed by atoms with Crippen LogP contribution in [0.5, 0.6) is 5.75 Å². The fraction of sp³-hybridized carbons (Fsp3) is 0.850. The highest BCUT2D eigenvalue weighted by Gasteiger charge is 2.34. The Balaban J connectivity index is 2.44. The normalized spacial score (nSPS) is 19.0. The van der Waals surface area contributed by atoms with Crippen LogP contribution in [0.1, 0.15) is 168 Å². The van der Waals surface area contributed by atoms with Crippen molar-refractivity contribution in [1.82, 2.24) is 0 Å². The summed E-state index contributed by atoms with van der Waals surface area (Å²) in [6, 6.07) is 5.05. The number of ether oxygens (including phenoxy) is 1. The van der Waals surface area contributed by atoms with Crippen LogP contribution in [-0.2, 0) is 31.5 Å². The van der Waals surface area contributed by atoms with Gasteiger partial charge in [-0.25, -0.2) is 0 Å². The van der Waals surface area contributed by atoms with Gasteiger partial charge in [0.25, 0.3) is 0 Å². The molecule has 2 rings (SSSR count). The molecule has 273 valence electrons. The van der Waals surface area contributed by atoms with Gasteiger partial charge in [-0.2, -0.15) is 0 Å². The lowest BCUT2D eigenvalue weighted by molar-refractivity contribution is 0.208. The molecule has 0 heterocycles. The summed E-state index contributed by atoms with van der Waals surface area (Å²) in [5, 5.41) is 0. The molecule has 0 unspecified atom stereocenters. The van der Waals surface area contributed by atoms with Crippen molar-refractivity contribution in [3.63, 3.8) is 0 Å². The van der Waals surface area contributed by atoms with E-state index in [1.54, 1.807) is 0 Å². The zero-order valence-electron chi connectivity index (χ0n) is 32.1. The third-order valence-corrected chi connectivity index (χ3v) is 17.7. The maximum Gasteiger partial charge on any atom is 0.407 e. The average Bonchev–Trinajstić information content (AvgIpc) is 2.99. The zero-order chi connectivity index (χ0) is 34.6. The quantitative estimate of drug-likeness (QED) is 0.0766. The van der Waals surface area contributed by atoms with Crippen molar-refractivity contribution in [2.24, 2.45) is 5.41 Å². The van der Waals surface area contributed by atoms with E-state index < -0.39 is 15.1 Å². The monoisotopic (exact) mass is 801 g/mol. The first-order valence-corrected chi connectivity index (χ1v) is 26.9. The summed E-state index contributed by atoms with van der Waals surface area (Å²) in [6.07, 6.45) is 23.4. The Bertz CT molecular complexity index is 964. The molecule has 1 aliphatic carbocycles. The summed E-state index contributed by atoms with van der Waals surface area (Å²) in [4.78, 5) is 0. The molecule has 7 heteroatoms. The lowest BCUT2D eigenvalue weighted by atomic mass is 9.75. The minimum atomic E-state index is -2.17. The number of hydrogen-bond acceptors (Lipinski definition) is 4. The zero-order valence-corrected chi connectivity index (χ0v) is 36.3. The van der Waals surface area contributed by atoms with Gasteiger partial charge in [0.05, 0.1) is 6.61 Å². The molecule has 0 spiro atoms. The molecule has 1 aliphatic rings. The van der Waals surface area contributed by atoms with Crippen LogP contribution in [0.25, 0.3) is 0 Å². The second-order valence-corrected chi connectivity index (χ2v) is 25.1. The Morgan fingerprint density at radius 3 is 1.85 bits per heavy atom. The summed E-state index contributed by atoms with van der Waals surface area (Å²) in [6.45, 7) is 21.6. The van der Waals surface area contributed by atoms with E-state index in [4.69, 9.17) is 18.0 Å². The molecular formula is C40H74IO4Si2. The van der Waals surface area contributed by atoms with E-state index in [9.17, 15) is 0 Å². The molecule has 0 atom stereocenters. The number of rotatable bonds is 15. The average molecular weight is 802 g/mol. The van der Waals surface area contributed by atoms with Crippen molar-refractivity contribution >= 4 is 36.9 Å². The van der Waals surface area contributed by atoms with Crippen LogP contribution in [-0.4, -0.2) is 41.5 Å². The van der Waals surface area contributed by atoms with Gasteiger partial charge in [-0.3, -0.25) is 0 Å². The first-order chi connectivity index (χ1) is 22.4. The lowest BCUT2D eigenvalue weighted by Crippen LogP contribution is -2.35. The van der Waals surface area contributed by atoms with E-state index in [-0.39, 0.29) is 10.8 Å². The standard InChI is InChI=1S/C40H74IO4Si2/c1-9-43-46(8)30-25-29-42-38-36-32-35(26-24-31-47(41,44-10-2)45-11-3)33-37(38)40(6,7)28-23-21-19-17-15-13-12-14-16-18-20-22-27-39(4,5)34-36/h32-33H,9-31,34H2,1-8H3. The van der Waals surface area contributed by atoms with E-state index in [1.165, 1.54) is 112 Å². The van der Waals surface area contributed by atoms with E-state index in [2.05, 4.69) is 88.9 Å². The van der Waals surface area contributed by atoms with Gasteiger partial charge in [-0.05, 0) is 116 Å². The molecule has 47 heavy (non-hydrogen) atoms. The highest BCUT2D eigenvalue weighted by molar-refractivity contribution is 14.1. The first kappa shape index (κ1) is 43.2. The topological polar surface area (TPSA) is 36.9 Å². The number of fused-ring (bicyclic) bond motifs is 2. The predicted octanol–water partition coefficient (Wildman–Crippen LogP) is 12.8. The van der Waals surface area contributed by atoms with Crippen molar-refractivity contribution in [3.8, 4) is 5.75 Å². The van der Waals surface area contributed by atoms with E-state index in [1.807, 2.05) is 0 Å². The number of hydrogen-bond donors (Lipinski definition) is 0. The molecule has 2 bridgehead atoms. The maximum absolute atomic E-state index is 6.94. The van der Waals surface area contributed by atoms with Gasteiger partial charge >= 0.3 is 6.06 Å². The molecular weight excluding hydrogens is 728 g/mol. The van der Waals surface area contributed by atoms with Gasteiger partial charge in [-0.1, -0.05) is 117 Å². The third-order valence-electron chi connectivity index (χ3n) is 10.0. The van der Waals surface area contributed by atoms with Crippen LogP contribution in [0.2, 0.25) is 18.6 Å². The molecule has 1 radical (unpaired) electrons. The van der Waals surface area contributed by atoms with E-state index >= 15 is 0 Å². The van der Waals surface area contributed by atoms with Crippen molar-refractivity contribution in [2.75, 3.05) is 26.4 Å². The Kier molecular flexibility index (Phi) is 21.6. The molecule has 0 aromatic heterocycles. The fourth-order valence-electron chi connectivity index (χ4n) is 7.32. The number of aryl methyl sites for hydroxylation is 1. The fourth-order valence-corrected chi connectivity index (χ4v) is 13.4. The van der Waals surface area contributed by atoms with E-state index in [0.29, 0.717) is 0 Å². The van der Waals surface area contributed by atoms with Gasteiger partial charge in [-0.15, -0.1) is 0 Å². The molecule has 0 amide bonds. The van der Waals surface area contributed by atoms with Crippen LogP contribution in [0.15, 0.2) is 12.1 Å². The van der Waals surface area contributed by atoms with Gasteiger partial charge in [0, 0.05) is 31.4 Å². The van der Waals surface area contributed by atoms with Gasteiger partial charge in [0.1, 0.15) is 5.75 Å². The highest BCUT2D eigenvalue weighted by atomic mass is 127. The summed E-state index contributed by atoms with van der Waals surface area (Å²) >= 11 is 2.51.